The summed E-state index contributed by atoms with van der Waals surface area (Å²) in [7, 11) is 0. The van der Waals surface area contributed by atoms with Crippen molar-refractivity contribution in [2.75, 3.05) is 31.5 Å². The third-order valence-corrected chi connectivity index (χ3v) is 6.46. The van der Waals surface area contributed by atoms with E-state index in [-0.39, 0.29) is 5.91 Å². The number of hydrogen-bond acceptors (Lipinski definition) is 4. The molecule has 1 unspecified atom stereocenters. The van der Waals surface area contributed by atoms with E-state index in [2.05, 4.69) is 20.9 Å². The number of carbonyl (C=O) groups is 1. The van der Waals surface area contributed by atoms with Crippen LogP contribution in [0.2, 0.25) is 5.02 Å². The Kier molecular flexibility index (Phi) is 9.55. The lowest BCUT2D eigenvalue weighted by atomic mass is 10.1. The molecular formula is C28H31ClN4O2S. The molecular weight excluding hydrogens is 492 g/mol. The van der Waals surface area contributed by atoms with E-state index in [1.165, 1.54) is 12.8 Å². The molecule has 0 radical (unpaired) electrons. The van der Waals surface area contributed by atoms with E-state index < -0.39 is 6.04 Å². The van der Waals surface area contributed by atoms with Gasteiger partial charge in [0.25, 0.3) is 0 Å². The number of anilines is 1. The predicted octanol–water partition coefficient (Wildman–Crippen LogP) is 5.24. The number of nitrogens with zero attached hydrogens (tertiary/aromatic N) is 1. The van der Waals surface area contributed by atoms with Crippen molar-refractivity contribution in [2.45, 2.75) is 25.3 Å². The van der Waals surface area contributed by atoms with Crippen LogP contribution in [0.5, 0.6) is 11.5 Å². The van der Waals surface area contributed by atoms with Gasteiger partial charge in [-0.15, -0.1) is 0 Å². The molecule has 1 atom stereocenters. The van der Waals surface area contributed by atoms with E-state index in [0.717, 1.165) is 30.9 Å². The zero-order valence-corrected chi connectivity index (χ0v) is 21.7. The standard InChI is InChI=1S/C28H31ClN4O2S/c29-22-8-12-24(13-9-22)35-25-14-10-23(11-15-25)31-28(36)32-26(20-21-6-2-1-3-7-21)27(34)30-16-19-33-17-4-5-18-33/h1-3,6-15,26H,4-5,16-20H2,(H,30,34)(H2,31,32,36). The van der Waals surface area contributed by atoms with Crippen LogP contribution in [-0.2, 0) is 11.2 Å². The van der Waals surface area contributed by atoms with Crippen LogP contribution in [0.4, 0.5) is 5.69 Å². The number of likely N-dealkylation sites (tertiary alicyclic amines) is 1. The third kappa shape index (κ3) is 8.22. The molecule has 8 heteroatoms. The fourth-order valence-electron chi connectivity index (χ4n) is 4.10. The van der Waals surface area contributed by atoms with Crippen molar-refractivity contribution in [1.29, 1.82) is 0 Å². The molecule has 3 aromatic rings. The van der Waals surface area contributed by atoms with Gasteiger partial charge >= 0.3 is 0 Å². The number of ether oxygens (including phenoxy) is 1. The summed E-state index contributed by atoms with van der Waals surface area (Å²) in [5, 5.41) is 10.5. The number of carbonyl (C=O) groups excluding carboxylic acids is 1. The molecule has 1 aliphatic heterocycles. The summed E-state index contributed by atoms with van der Waals surface area (Å²) in [4.78, 5) is 15.4. The Hall–Kier alpha value is -3.13. The monoisotopic (exact) mass is 522 g/mol. The molecule has 1 amide bonds. The van der Waals surface area contributed by atoms with Crippen molar-refractivity contribution in [1.82, 2.24) is 15.5 Å². The molecule has 0 aromatic heterocycles. The highest BCUT2D eigenvalue weighted by Gasteiger charge is 2.20. The van der Waals surface area contributed by atoms with Crippen molar-refractivity contribution in [3.8, 4) is 11.5 Å². The zero-order chi connectivity index (χ0) is 25.2. The molecule has 1 fully saturated rings. The topological polar surface area (TPSA) is 65.6 Å². The summed E-state index contributed by atoms with van der Waals surface area (Å²) >= 11 is 11.5. The van der Waals surface area contributed by atoms with E-state index in [0.29, 0.717) is 34.6 Å². The molecule has 188 valence electrons. The maximum absolute atomic E-state index is 13.0. The smallest absolute Gasteiger partial charge is 0.242 e. The molecule has 3 N–H and O–H groups in total. The van der Waals surface area contributed by atoms with Gasteiger partial charge in [0.15, 0.2) is 5.11 Å². The Morgan fingerprint density at radius 2 is 1.58 bits per heavy atom. The normalized spacial score (nSPS) is 14.1. The number of nitrogens with one attached hydrogen (secondary N) is 3. The van der Waals surface area contributed by atoms with E-state index in [4.69, 9.17) is 28.6 Å². The first-order chi connectivity index (χ1) is 17.5. The summed E-state index contributed by atoms with van der Waals surface area (Å²) < 4.78 is 5.84. The number of halogens is 1. The minimum atomic E-state index is -0.488. The van der Waals surface area contributed by atoms with Crippen molar-refractivity contribution in [3.63, 3.8) is 0 Å². The van der Waals surface area contributed by atoms with E-state index in [1.807, 2.05) is 66.7 Å². The van der Waals surface area contributed by atoms with E-state index in [9.17, 15) is 4.79 Å². The van der Waals surface area contributed by atoms with Gasteiger partial charge in [0.2, 0.25) is 5.91 Å². The Balaban J connectivity index is 1.32. The van der Waals surface area contributed by atoms with E-state index in [1.54, 1.807) is 12.1 Å². The van der Waals surface area contributed by atoms with Crippen LogP contribution in [0.1, 0.15) is 18.4 Å². The van der Waals surface area contributed by atoms with Crippen LogP contribution in [-0.4, -0.2) is 48.1 Å². The third-order valence-electron chi connectivity index (χ3n) is 5.99. The quantitative estimate of drug-likeness (QED) is 0.316. The highest BCUT2D eigenvalue weighted by molar-refractivity contribution is 7.80. The SMILES string of the molecule is O=C(NCCN1CCCC1)C(Cc1ccccc1)NC(=S)Nc1ccc(Oc2ccc(Cl)cc2)cc1. The number of hydrogen-bond donors (Lipinski definition) is 3. The first-order valence-electron chi connectivity index (χ1n) is 12.2. The lowest BCUT2D eigenvalue weighted by Crippen LogP contribution is -2.50. The Labute approximate surface area is 223 Å². The van der Waals surface area contributed by atoms with Crippen LogP contribution in [0.25, 0.3) is 0 Å². The molecule has 6 nitrogen and oxygen atoms in total. The molecule has 3 aromatic carbocycles. The Morgan fingerprint density at radius 1 is 0.944 bits per heavy atom. The highest BCUT2D eigenvalue weighted by atomic mass is 35.5. The largest absolute Gasteiger partial charge is 0.457 e. The lowest BCUT2D eigenvalue weighted by Gasteiger charge is -2.22. The molecule has 1 aliphatic rings. The molecule has 0 saturated carbocycles. The summed E-state index contributed by atoms with van der Waals surface area (Å²) in [6.45, 7) is 3.72. The molecule has 0 bridgehead atoms. The minimum absolute atomic E-state index is 0.0612. The average molecular weight is 523 g/mol. The fraction of sp³-hybridized carbons (Fsp3) is 0.286. The van der Waals surface area contributed by atoms with Crippen molar-refractivity contribution >= 4 is 40.5 Å². The van der Waals surface area contributed by atoms with Gasteiger partial charge in [0.1, 0.15) is 17.5 Å². The maximum atomic E-state index is 13.0. The second kappa shape index (κ2) is 13.3. The van der Waals surface area contributed by atoms with Crippen LogP contribution in [0.15, 0.2) is 78.9 Å². The first kappa shape index (κ1) is 25.9. The molecule has 0 spiro atoms. The first-order valence-corrected chi connectivity index (χ1v) is 13.0. The molecule has 0 aliphatic carbocycles. The summed E-state index contributed by atoms with van der Waals surface area (Å²) in [6.07, 6.45) is 3.01. The van der Waals surface area contributed by atoms with Crippen LogP contribution >= 0.6 is 23.8 Å². The highest BCUT2D eigenvalue weighted by Crippen LogP contribution is 2.24. The maximum Gasteiger partial charge on any atom is 0.242 e. The summed E-state index contributed by atoms with van der Waals surface area (Å²) in [5.41, 5.74) is 1.86. The van der Waals surface area contributed by atoms with E-state index >= 15 is 0 Å². The number of amides is 1. The van der Waals surface area contributed by atoms with Crippen LogP contribution < -0.4 is 20.7 Å². The minimum Gasteiger partial charge on any atom is -0.457 e. The Morgan fingerprint density at radius 3 is 2.25 bits per heavy atom. The van der Waals surface area contributed by atoms with Gasteiger partial charge in [-0.25, -0.2) is 0 Å². The van der Waals surface area contributed by atoms with Crippen LogP contribution in [0.3, 0.4) is 0 Å². The van der Waals surface area contributed by atoms with Gasteiger partial charge in [-0.05, 0) is 92.2 Å². The molecule has 1 saturated heterocycles. The van der Waals surface area contributed by atoms with Crippen molar-refractivity contribution < 1.29 is 9.53 Å². The fourth-order valence-corrected chi connectivity index (χ4v) is 4.48. The van der Waals surface area contributed by atoms with Gasteiger partial charge in [0.05, 0.1) is 0 Å². The van der Waals surface area contributed by atoms with Crippen molar-refractivity contribution in [2.24, 2.45) is 0 Å². The number of benzene rings is 3. The van der Waals surface area contributed by atoms with Gasteiger partial charge in [-0.1, -0.05) is 41.9 Å². The molecule has 36 heavy (non-hydrogen) atoms. The predicted molar refractivity (Wildman–Crippen MR) is 150 cm³/mol. The second-order valence-corrected chi connectivity index (χ2v) is 9.61. The molecule has 4 rings (SSSR count). The van der Waals surface area contributed by atoms with Crippen molar-refractivity contribution in [3.05, 3.63) is 89.4 Å². The van der Waals surface area contributed by atoms with Gasteiger partial charge in [-0.3, -0.25) is 4.79 Å². The number of rotatable bonds is 10. The molecule has 1 heterocycles. The summed E-state index contributed by atoms with van der Waals surface area (Å²) in [5.74, 6) is 1.34. The second-order valence-electron chi connectivity index (χ2n) is 8.76. The average Bonchev–Trinajstić information content (AvgIpc) is 3.40. The lowest BCUT2D eigenvalue weighted by molar-refractivity contribution is -0.122. The van der Waals surface area contributed by atoms with Gasteiger partial charge in [-0.2, -0.15) is 0 Å². The van der Waals surface area contributed by atoms with Gasteiger partial charge in [0, 0.05) is 30.2 Å². The number of thiocarbonyl (C=S) groups is 1. The zero-order valence-electron chi connectivity index (χ0n) is 20.1. The Bertz CT molecular complexity index is 1120. The summed E-state index contributed by atoms with van der Waals surface area (Å²) in [6, 6.07) is 24.1. The van der Waals surface area contributed by atoms with Crippen LogP contribution in [0, 0.1) is 0 Å². The van der Waals surface area contributed by atoms with Gasteiger partial charge < -0.3 is 25.6 Å².